The number of hydrogen-bond acceptors (Lipinski definition) is 2. The van der Waals surface area contributed by atoms with Gasteiger partial charge in [0.2, 0.25) is 0 Å². The monoisotopic (exact) mass is 251 g/mol. The summed E-state index contributed by atoms with van der Waals surface area (Å²) in [6.45, 7) is 4.40. The Morgan fingerprint density at radius 1 is 1.11 bits per heavy atom. The number of aromatic nitrogens is 2. The molecule has 0 spiro atoms. The maximum atomic E-state index is 5.52. The predicted octanol–water partition coefficient (Wildman–Crippen LogP) is 3.60. The predicted molar refractivity (Wildman–Crippen MR) is 76.1 cm³/mol. The van der Waals surface area contributed by atoms with E-state index in [2.05, 4.69) is 11.9 Å². The highest BCUT2D eigenvalue weighted by molar-refractivity contribution is 5.63. The Balaban J connectivity index is 1.88. The normalized spacial score (nSPS) is 10.8. The molecular formula is C16H15N2O. The van der Waals surface area contributed by atoms with E-state index in [4.69, 9.17) is 4.74 Å². The van der Waals surface area contributed by atoms with E-state index >= 15 is 0 Å². The molecule has 0 saturated heterocycles. The standard InChI is InChI=1S/C16H15N2O/c1-2-11-19-14-8-6-13(7-9-14)15-12-18-10-4-3-5-16(18)17-15/h3-10,12H,1-2,11H2. The van der Waals surface area contributed by atoms with Crippen LogP contribution in [0.15, 0.2) is 54.9 Å². The lowest BCUT2D eigenvalue weighted by molar-refractivity contribution is 0.324. The van der Waals surface area contributed by atoms with Crippen LogP contribution in [0.1, 0.15) is 6.42 Å². The fourth-order valence-electron chi connectivity index (χ4n) is 1.99. The number of pyridine rings is 1. The Morgan fingerprint density at radius 3 is 2.68 bits per heavy atom. The molecule has 0 aliphatic heterocycles. The molecule has 1 radical (unpaired) electrons. The molecule has 0 fully saturated rings. The van der Waals surface area contributed by atoms with Crippen molar-refractivity contribution in [2.75, 3.05) is 6.61 Å². The van der Waals surface area contributed by atoms with Gasteiger partial charge in [-0.15, -0.1) is 0 Å². The highest BCUT2D eigenvalue weighted by Gasteiger charge is 2.03. The first-order chi connectivity index (χ1) is 9.36. The summed E-state index contributed by atoms with van der Waals surface area (Å²) in [4.78, 5) is 4.59. The van der Waals surface area contributed by atoms with E-state index in [9.17, 15) is 0 Å². The minimum atomic E-state index is 0.647. The second-order valence-corrected chi connectivity index (χ2v) is 4.32. The van der Waals surface area contributed by atoms with Gasteiger partial charge in [-0.3, -0.25) is 0 Å². The molecule has 2 aromatic heterocycles. The third-order valence-electron chi connectivity index (χ3n) is 2.93. The molecule has 0 bridgehead atoms. The fourth-order valence-corrected chi connectivity index (χ4v) is 1.99. The molecule has 0 unspecified atom stereocenters. The van der Waals surface area contributed by atoms with Gasteiger partial charge in [0.25, 0.3) is 0 Å². The molecule has 3 rings (SSSR count). The first kappa shape index (κ1) is 11.8. The van der Waals surface area contributed by atoms with Gasteiger partial charge in [0.05, 0.1) is 12.3 Å². The molecule has 2 heterocycles. The van der Waals surface area contributed by atoms with Gasteiger partial charge in [-0.1, -0.05) is 6.07 Å². The van der Waals surface area contributed by atoms with E-state index in [0.717, 1.165) is 29.1 Å². The van der Waals surface area contributed by atoms with Gasteiger partial charge in [0.1, 0.15) is 11.4 Å². The molecule has 3 aromatic rings. The lowest BCUT2D eigenvalue weighted by atomic mass is 10.2. The van der Waals surface area contributed by atoms with Crippen molar-refractivity contribution in [2.45, 2.75) is 6.42 Å². The fraction of sp³-hybridized carbons (Fsp3) is 0.125. The maximum absolute atomic E-state index is 5.52. The lowest BCUT2D eigenvalue weighted by Crippen LogP contribution is -1.94. The molecule has 3 nitrogen and oxygen atoms in total. The Kier molecular flexibility index (Phi) is 3.19. The summed E-state index contributed by atoms with van der Waals surface area (Å²) >= 11 is 0. The van der Waals surface area contributed by atoms with Crippen LogP contribution in [-0.2, 0) is 0 Å². The average molecular weight is 251 g/mol. The quantitative estimate of drug-likeness (QED) is 0.708. The minimum Gasteiger partial charge on any atom is -0.494 e. The van der Waals surface area contributed by atoms with Crippen molar-refractivity contribution in [3.63, 3.8) is 0 Å². The molecule has 95 valence electrons. The van der Waals surface area contributed by atoms with Crippen LogP contribution in [0.2, 0.25) is 0 Å². The van der Waals surface area contributed by atoms with Crippen LogP contribution in [0, 0.1) is 6.92 Å². The maximum Gasteiger partial charge on any atom is 0.137 e. The van der Waals surface area contributed by atoms with E-state index in [1.807, 2.05) is 59.3 Å². The molecule has 0 N–H and O–H groups in total. The number of hydrogen-bond donors (Lipinski definition) is 0. The zero-order chi connectivity index (χ0) is 13.1. The van der Waals surface area contributed by atoms with Crippen molar-refractivity contribution >= 4 is 5.65 Å². The molecule has 1 aromatic carbocycles. The first-order valence-corrected chi connectivity index (χ1v) is 6.33. The van der Waals surface area contributed by atoms with Crippen molar-refractivity contribution in [1.82, 2.24) is 9.38 Å². The molecule has 0 amide bonds. The van der Waals surface area contributed by atoms with Crippen molar-refractivity contribution in [3.8, 4) is 17.0 Å². The molecule has 0 aliphatic carbocycles. The summed E-state index contributed by atoms with van der Waals surface area (Å²) in [6, 6.07) is 14.0. The minimum absolute atomic E-state index is 0.647. The summed E-state index contributed by atoms with van der Waals surface area (Å²) in [5.74, 6) is 0.871. The van der Waals surface area contributed by atoms with E-state index in [-0.39, 0.29) is 0 Å². The SMILES string of the molecule is [CH2]CCOc1ccc(-c2cn3ccccc3n2)cc1. The number of imidazole rings is 1. The van der Waals surface area contributed by atoms with Gasteiger partial charge in [-0.2, -0.15) is 0 Å². The van der Waals surface area contributed by atoms with Crippen LogP contribution in [0.4, 0.5) is 0 Å². The Labute approximate surface area is 112 Å². The number of benzene rings is 1. The summed E-state index contributed by atoms with van der Waals surface area (Å²) in [6.07, 6.45) is 4.80. The van der Waals surface area contributed by atoms with Crippen molar-refractivity contribution in [3.05, 3.63) is 61.8 Å². The van der Waals surface area contributed by atoms with Gasteiger partial charge >= 0.3 is 0 Å². The van der Waals surface area contributed by atoms with Crippen LogP contribution in [0.25, 0.3) is 16.9 Å². The molecule has 3 heteroatoms. The van der Waals surface area contributed by atoms with Crippen LogP contribution < -0.4 is 4.74 Å². The van der Waals surface area contributed by atoms with Gasteiger partial charge in [0.15, 0.2) is 0 Å². The van der Waals surface area contributed by atoms with Crippen molar-refractivity contribution in [1.29, 1.82) is 0 Å². The Bertz CT molecular complexity index is 638. The summed E-state index contributed by atoms with van der Waals surface area (Å²) in [7, 11) is 0. The topological polar surface area (TPSA) is 26.5 Å². The zero-order valence-electron chi connectivity index (χ0n) is 10.6. The largest absolute Gasteiger partial charge is 0.494 e. The second-order valence-electron chi connectivity index (χ2n) is 4.32. The Hall–Kier alpha value is -2.29. The van der Waals surface area contributed by atoms with E-state index < -0.39 is 0 Å². The van der Waals surface area contributed by atoms with Gasteiger partial charge in [0, 0.05) is 18.0 Å². The first-order valence-electron chi connectivity index (χ1n) is 6.33. The van der Waals surface area contributed by atoms with Crippen LogP contribution in [-0.4, -0.2) is 16.0 Å². The molecular weight excluding hydrogens is 236 g/mol. The average Bonchev–Trinajstić information content (AvgIpc) is 2.89. The Morgan fingerprint density at radius 2 is 1.95 bits per heavy atom. The van der Waals surface area contributed by atoms with Gasteiger partial charge in [-0.25, -0.2) is 4.98 Å². The number of ether oxygens (including phenoxy) is 1. The summed E-state index contributed by atoms with van der Waals surface area (Å²) in [5.41, 5.74) is 3.01. The number of rotatable bonds is 4. The third-order valence-corrected chi connectivity index (χ3v) is 2.93. The molecule has 0 aliphatic rings. The highest BCUT2D eigenvalue weighted by atomic mass is 16.5. The van der Waals surface area contributed by atoms with Gasteiger partial charge < -0.3 is 9.14 Å². The van der Waals surface area contributed by atoms with Gasteiger partial charge in [-0.05, 0) is 49.7 Å². The number of fused-ring (bicyclic) bond motifs is 1. The highest BCUT2D eigenvalue weighted by Crippen LogP contribution is 2.22. The summed E-state index contributed by atoms with van der Waals surface area (Å²) < 4.78 is 7.53. The molecule has 0 saturated carbocycles. The number of nitrogens with zero attached hydrogens (tertiary/aromatic N) is 2. The molecule has 0 atom stereocenters. The van der Waals surface area contributed by atoms with E-state index in [1.54, 1.807) is 0 Å². The summed E-state index contributed by atoms with van der Waals surface area (Å²) in [5, 5.41) is 0. The van der Waals surface area contributed by atoms with Crippen molar-refractivity contribution in [2.24, 2.45) is 0 Å². The van der Waals surface area contributed by atoms with Crippen LogP contribution in [0.5, 0.6) is 5.75 Å². The van der Waals surface area contributed by atoms with Crippen LogP contribution >= 0.6 is 0 Å². The lowest BCUT2D eigenvalue weighted by Gasteiger charge is -2.04. The van der Waals surface area contributed by atoms with E-state index in [0.29, 0.717) is 6.61 Å². The van der Waals surface area contributed by atoms with Crippen molar-refractivity contribution < 1.29 is 4.74 Å². The molecule has 19 heavy (non-hydrogen) atoms. The zero-order valence-corrected chi connectivity index (χ0v) is 10.6. The third kappa shape index (κ3) is 2.45. The van der Waals surface area contributed by atoms with E-state index in [1.165, 1.54) is 0 Å². The second kappa shape index (κ2) is 5.14. The van der Waals surface area contributed by atoms with Crippen LogP contribution in [0.3, 0.4) is 0 Å². The smallest absolute Gasteiger partial charge is 0.137 e.